The molecule has 3 nitrogen and oxygen atoms in total. The van der Waals surface area contributed by atoms with Gasteiger partial charge in [-0.2, -0.15) is 0 Å². The van der Waals surface area contributed by atoms with Gasteiger partial charge in [-0.25, -0.2) is 0 Å². The van der Waals surface area contributed by atoms with E-state index in [0.29, 0.717) is 12.3 Å². The molecule has 1 aliphatic rings. The van der Waals surface area contributed by atoms with Crippen LogP contribution in [0.1, 0.15) is 5.56 Å². The number of anilines is 1. The van der Waals surface area contributed by atoms with Gasteiger partial charge >= 0.3 is 7.12 Å². The third-order valence-corrected chi connectivity index (χ3v) is 1.83. The van der Waals surface area contributed by atoms with Crippen molar-refractivity contribution in [3.63, 3.8) is 0 Å². The Kier molecular flexibility index (Phi) is 2.62. The minimum atomic E-state index is -0.759. The van der Waals surface area contributed by atoms with Crippen LogP contribution in [-0.4, -0.2) is 12.1 Å². The van der Waals surface area contributed by atoms with Crippen molar-refractivity contribution in [1.29, 1.82) is 0 Å². The quantitative estimate of drug-likeness (QED) is 0.439. The highest BCUT2D eigenvalue weighted by Crippen LogP contribution is 2.12. The first-order valence-electron chi connectivity index (χ1n) is 3.45. The Labute approximate surface area is 77.1 Å². The van der Waals surface area contributed by atoms with E-state index in [0.717, 1.165) is 11.0 Å². The zero-order valence-electron chi connectivity index (χ0n) is 6.36. The van der Waals surface area contributed by atoms with Crippen molar-refractivity contribution in [3.8, 4) is 0 Å². The number of rotatable bonds is 0. The SMILES string of the molecule is Cl.Nc1ccc2c(c1)COB2O. The molecule has 64 valence electrons. The van der Waals surface area contributed by atoms with Crippen LogP contribution in [0, 0.1) is 0 Å². The third-order valence-electron chi connectivity index (χ3n) is 1.83. The van der Waals surface area contributed by atoms with Gasteiger partial charge < -0.3 is 15.4 Å². The van der Waals surface area contributed by atoms with Gasteiger partial charge in [0.15, 0.2) is 0 Å². The highest BCUT2D eigenvalue weighted by atomic mass is 35.5. The molecule has 2 rings (SSSR count). The van der Waals surface area contributed by atoms with E-state index < -0.39 is 7.12 Å². The molecule has 3 N–H and O–H groups in total. The summed E-state index contributed by atoms with van der Waals surface area (Å²) in [7, 11) is -0.759. The molecule has 0 radical (unpaired) electrons. The molecule has 12 heavy (non-hydrogen) atoms. The number of hydrogen-bond donors (Lipinski definition) is 2. The highest BCUT2D eigenvalue weighted by Gasteiger charge is 2.26. The average molecular weight is 185 g/mol. The summed E-state index contributed by atoms with van der Waals surface area (Å²) in [4.78, 5) is 0. The fraction of sp³-hybridized carbons (Fsp3) is 0.143. The maximum atomic E-state index is 9.21. The van der Waals surface area contributed by atoms with Crippen LogP contribution in [-0.2, 0) is 11.3 Å². The summed E-state index contributed by atoms with van der Waals surface area (Å²) in [5, 5.41) is 9.21. The fourth-order valence-electron chi connectivity index (χ4n) is 1.25. The molecule has 0 amide bonds. The minimum absolute atomic E-state index is 0. The van der Waals surface area contributed by atoms with Crippen LogP contribution in [0.4, 0.5) is 5.69 Å². The van der Waals surface area contributed by atoms with Crippen molar-refractivity contribution in [2.45, 2.75) is 6.61 Å². The van der Waals surface area contributed by atoms with Crippen LogP contribution in [0.5, 0.6) is 0 Å². The molecule has 0 spiro atoms. The van der Waals surface area contributed by atoms with Crippen molar-refractivity contribution in [3.05, 3.63) is 23.8 Å². The second kappa shape index (κ2) is 3.35. The van der Waals surface area contributed by atoms with Gasteiger partial charge in [0.25, 0.3) is 0 Å². The normalized spacial score (nSPS) is 13.9. The Morgan fingerprint density at radius 3 is 3.00 bits per heavy atom. The Morgan fingerprint density at radius 1 is 1.50 bits per heavy atom. The minimum Gasteiger partial charge on any atom is -0.423 e. The number of benzene rings is 1. The molecule has 0 saturated carbocycles. The molecule has 5 heteroatoms. The molecule has 0 atom stereocenters. The predicted octanol–water partition coefficient (Wildman–Crippen LogP) is -0.0917. The summed E-state index contributed by atoms with van der Waals surface area (Å²) >= 11 is 0. The van der Waals surface area contributed by atoms with E-state index in [1.807, 2.05) is 6.07 Å². The number of nitrogen functional groups attached to an aromatic ring is 1. The van der Waals surface area contributed by atoms with E-state index in [4.69, 9.17) is 10.4 Å². The first-order chi connectivity index (χ1) is 5.27. The maximum Gasteiger partial charge on any atom is 0.491 e. The van der Waals surface area contributed by atoms with Gasteiger partial charge in [-0.15, -0.1) is 12.4 Å². The van der Waals surface area contributed by atoms with Crippen molar-refractivity contribution in [2.24, 2.45) is 0 Å². The van der Waals surface area contributed by atoms with E-state index in [-0.39, 0.29) is 12.4 Å². The van der Waals surface area contributed by atoms with Gasteiger partial charge in [0.2, 0.25) is 0 Å². The molecular formula is C7H9BClNO2. The Balaban J connectivity index is 0.000000720. The third kappa shape index (κ3) is 1.41. The lowest BCUT2D eigenvalue weighted by Crippen LogP contribution is -2.27. The summed E-state index contributed by atoms with van der Waals surface area (Å²) in [6.45, 7) is 0.460. The molecule has 0 unspecified atom stereocenters. The van der Waals surface area contributed by atoms with E-state index >= 15 is 0 Å². The Hall–Kier alpha value is -0.705. The van der Waals surface area contributed by atoms with Gasteiger partial charge in [-0.1, -0.05) is 6.07 Å². The van der Waals surface area contributed by atoms with Crippen LogP contribution in [0.15, 0.2) is 18.2 Å². The zero-order valence-corrected chi connectivity index (χ0v) is 7.17. The summed E-state index contributed by atoms with van der Waals surface area (Å²) in [6.07, 6.45) is 0. The van der Waals surface area contributed by atoms with Crippen LogP contribution in [0.25, 0.3) is 0 Å². The molecule has 1 aromatic rings. The van der Waals surface area contributed by atoms with Gasteiger partial charge in [0.1, 0.15) is 0 Å². The topological polar surface area (TPSA) is 55.5 Å². The predicted molar refractivity (Wildman–Crippen MR) is 50.5 cm³/mol. The Morgan fingerprint density at radius 2 is 2.25 bits per heavy atom. The van der Waals surface area contributed by atoms with Crippen molar-refractivity contribution < 1.29 is 9.68 Å². The van der Waals surface area contributed by atoms with E-state index in [1.54, 1.807) is 12.1 Å². The van der Waals surface area contributed by atoms with Crippen LogP contribution in [0.3, 0.4) is 0 Å². The maximum absolute atomic E-state index is 9.21. The van der Waals surface area contributed by atoms with Crippen molar-refractivity contribution >= 4 is 30.7 Å². The summed E-state index contributed by atoms with van der Waals surface area (Å²) < 4.78 is 4.98. The lowest BCUT2D eigenvalue weighted by atomic mass is 9.79. The average Bonchev–Trinajstić information content (AvgIpc) is 2.32. The molecule has 1 aliphatic heterocycles. The summed E-state index contributed by atoms with van der Waals surface area (Å²) in [5.74, 6) is 0. The lowest BCUT2D eigenvalue weighted by molar-refractivity contribution is 0.275. The molecule has 0 aliphatic carbocycles. The molecular weight excluding hydrogens is 176 g/mol. The lowest BCUT2D eigenvalue weighted by Gasteiger charge is -1.97. The second-order valence-corrected chi connectivity index (χ2v) is 2.62. The van der Waals surface area contributed by atoms with Gasteiger partial charge in [0.05, 0.1) is 6.61 Å². The largest absolute Gasteiger partial charge is 0.491 e. The molecule has 0 fully saturated rings. The Bertz CT molecular complexity index is 295. The summed E-state index contributed by atoms with van der Waals surface area (Å²) in [5.41, 5.74) is 8.07. The number of nitrogens with two attached hydrogens (primary N) is 1. The number of hydrogen-bond acceptors (Lipinski definition) is 3. The molecule has 1 heterocycles. The molecule has 0 aromatic heterocycles. The fourth-order valence-corrected chi connectivity index (χ4v) is 1.25. The van der Waals surface area contributed by atoms with E-state index in [1.165, 1.54) is 0 Å². The van der Waals surface area contributed by atoms with E-state index in [2.05, 4.69) is 0 Å². The van der Waals surface area contributed by atoms with Crippen LogP contribution >= 0.6 is 12.4 Å². The number of halogens is 1. The zero-order chi connectivity index (χ0) is 7.84. The van der Waals surface area contributed by atoms with Gasteiger partial charge in [0, 0.05) is 5.69 Å². The van der Waals surface area contributed by atoms with E-state index in [9.17, 15) is 5.02 Å². The standard InChI is InChI=1S/C7H8BNO2.ClH/c9-6-1-2-7-5(3-6)4-11-8(7)10;/h1-3,10H,4,9H2;1H. The smallest absolute Gasteiger partial charge is 0.423 e. The highest BCUT2D eigenvalue weighted by molar-refractivity contribution is 6.61. The summed E-state index contributed by atoms with van der Waals surface area (Å²) in [6, 6.07) is 5.38. The van der Waals surface area contributed by atoms with Gasteiger partial charge in [-0.05, 0) is 23.2 Å². The molecule has 0 saturated heterocycles. The van der Waals surface area contributed by atoms with Gasteiger partial charge in [-0.3, -0.25) is 0 Å². The molecule has 1 aromatic carbocycles. The van der Waals surface area contributed by atoms with Crippen LogP contribution in [0.2, 0.25) is 0 Å². The van der Waals surface area contributed by atoms with Crippen LogP contribution < -0.4 is 11.2 Å². The first-order valence-corrected chi connectivity index (χ1v) is 3.45. The number of fused-ring (bicyclic) bond motifs is 1. The first kappa shape index (κ1) is 9.38. The molecule has 0 bridgehead atoms. The van der Waals surface area contributed by atoms with Crippen molar-refractivity contribution in [1.82, 2.24) is 0 Å². The monoisotopic (exact) mass is 185 g/mol. The second-order valence-electron chi connectivity index (χ2n) is 2.62. The van der Waals surface area contributed by atoms with Crippen molar-refractivity contribution in [2.75, 3.05) is 5.73 Å².